The van der Waals surface area contributed by atoms with Crippen LogP contribution in [0.2, 0.25) is 0 Å². The summed E-state index contributed by atoms with van der Waals surface area (Å²) in [6.45, 7) is 14.2. The Morgan fingerprint density at radius 1 is 0.286 bits per heavy atom. The number of phosphoric ester groups is 2. The van der Waals surface area contributed by atoms with E-state index in [0.717, 1.165) is 108 Å². The van der Waals surface area contributed by atoms with E-state index >= 15 is 0 Å². The lowest BCUT2D eigenvalue weighted by Gasteiger charge is -2.21. The number of rotatable bonds is 76. The number of hydrogen-bond acceptors (Lipinski definition) is 15. The average molecular weight is 1440 g/mol. The molecule has 6 atom stereocenters. The number of ether oxygens (including phenoxy) is 4. The summed E-state index contributed by atoms with van der Waals surface area (Å²) < 4.78 is 68.5. The quantitative estimate of drug-likeness (QED) is 0.0222. The number of phosphoric acid groups is 2. The van der Waals surface area contributed by atoms with Gasteiger partial charge in [0, 0.05) is 25.7 Å². The van der Waals surface area contributed by atoms with Gasteiger partial charge < -0.3 is 33.8 Å². The summed E-state index contributed by atoms with van der Waals surface area (Å²) in [5, 5.41) is 10.6. The molecule has 0 aromatic heterocycles. The van der Waals surface area contributed by atoms with Crippen LogP contribution in [0.15, 0.2) is 0 Å². The number of unbranched alkanes of at least 4 members (excludes halogenated alkanes) is 41. The molecular weight excluding hydrogens is 1280 g/mol. The van der Waals surface area contributed by atoms with Gasteiger partial charge in [0.05, 0.1) is 26.4 Å². The van der Waals surface area contributed by atoms with Crippen LogP contribution in [0, 0.1) is 23.7 Å². The van der Waals surface area contributed by atoms with E-state index in [0.29, 0.717) is 37.5 Å². The van der Waals surface area contributed by atoms with E-state index in [2.05, 4.69) is 55.4 Å². The fraction of sp³-hybridized carbons (Fsp3) is 0.949. The van der Waals surface area contributed by atoms with Crippen molar-refractivity contribution in [3.05, 3.63) is 0 Å². The topological polar surface area (TPSA) is 237 Å². The highest BCUT2D eigenvalue weighted by molar-refractivity contribution is 7.47. The van der Waals surface area contributed by atoms with Crippen molar-refractivity contribution in [2.45, 2.75) is 420 Å². The zero-order valence-electron chi connectivity index (χ0n) is 64.4. The van der Waals surface area contributed by atoms with Gasteiger partial charge in [-0.1, -0.05) is 351 Å². The molecule has 582 valence electrons. The van der Waals surface area contributed by atoms with Crippen LogP contribution in [-0.2, 0) is 65.4 Å². The van der Waals surface area contributed by atoms with Crippen molar-refractivity contribution in [3.8, 4) is 0 Å². The second kappa shape index (κ2) is 68.2. The molecule has 0 aliphatic heterocycles. The second-order valence-electron chi connectivity index (χ2n) is 30.1. The first kappa shape index (κ1) is 96.1. The second-order valence-corrected chi connectivity index (χ2v) is 33.0. The standard InChI is InChI=1S/C79H154O17P2/c1-9-72(8)58-50-42-34-26-22-18-14-12-10-11-13-15-19-23-27-35-43-51-59-76(81)89-65-75(96-79(84)62-54-46-38-30-33-41-49-57-71(6)7)68-94-98(87,88)92-64-73(80)63-91-97(85,86)93-67-74(66-90-77(82)60-52-44-37-29-32-40-48-56-70(4)5)95-78(83)61-53-45-36-28-24-20-16-17-21-25-31-39-47-55-69(2)3/h69-75,80H,9-68H2,1-8H3,(H,85,86)(H,87,88)/t72?,73?,74-,75-/m1/s1. The molecule has 0 fully saturated rings. The lowest BCUT2D eigenvalue weighted by molar-refractivity contribution is -0.161. The van der Waals surface area contributed by atoms with Crippen LogP contribution in [0.3, 0.4) is 0 Å². The van der Waals surface area contributed by atoms with Gasteiger partial charge in [-0.15, -0.1) is 0 Å². The summed E-state index contributed by atoms with van der Waals surface area (Å²) in [6, 6.07) is 0. The van der Waals surface area contributed by atoms with Crippen LogP contribution < -0.4 is 0 Å². The SMILES string of the molecule is CCC(C)CCCCCCCCCCCCCCCCCCCCC(=O)OC[C@H](COP(=O)(O)OCC(O)COP(=O)(O)OC[C@@H](COC(=O)CCCCCCCCCC(C)C)OC(=O)CCCCCCCCCCCCCCCC(C)C)OC(=O)CCCCCCCCCC(C)C. The molecule has 0 radical (unpaired) electrons. The summed E-state index contributed by atoms with van der Waals surface area (Å²) >= 11 is 0. The molecule has 0 aromatic carbocycles. The van der Waals surface area contributed by atoms with Crippen LogP contribution in [0.1, 0.15) is 402 Å². The third kappa shape index (κ3) is 71.1. The summed E-state index contributed by atoms with van der Waals surface area (Å²) in [5.41, 5.74) is 0. The fourth-order valence-electron chi connectivity index (χ4n) is 12.0. The molecule has 0 saturated carbocycles. The minimum absolute atomic E-state index is 0.104. The highest BCUT2D eigenvalue weighted by atomic mass is 31.2. The zero-order valence-corrected chi connectivity index (χ0v) is 66.2. The molecule has 0 saturated heterocycles. The van der Waals surface area contributed by atoms with Crippen molar-refractivity contribution in [2.75, 3.05) is 39.6 Å². The number of esters is 4. The molecule has 0 rings (SSSR count). The molecule has 17 nitrogen and oxygen atoms in total. The number of aliphatic hydroxyl groups is 1. The minimum Gasteiger partial charge on any atom is -0.462 e. The fourth-order valence-corrected chi connectivity index (χ4v) is 13.6. The van der Waals surface area contributed by atoms with Crippen LogP contribution >= 0.6 is 15.6 Å². The predicted octanol–water partition coefficient (Wildman–Crippen LogP) is 23.2. The number of carbonyl (C=O) groups excluding carboxylic acids is 4. The van der Waals surface area contributed by atoms with Crippen molar-refractivity contribution in [1.29, 1.82) is 0 Å². The van der Waals surface area contributed by atoms with Gasteiger partial charge >= 0.3 is 39.5 Å². The van der Waals surface area contributed by atoms with Gasteiger partial charge in [0.2, 0.25) is 0 Å². The van der Waals surface area contributed by atoms with E-state index in [1.165, 1.54) is 199 Å². The van der Waals surface area contributed by atoms with Crippen molar-refractivity contribution < 1.29 is 80.2 Å². The van der Waals surface area contributed by atoms with Crippen LogP contribution in [0.4, 0.5) is 0 Å². The zero-order chi connectivity index (χ0) is 72.4. The molecule has 0 amide bonds. The van der Waals surface area contributed by atoms with Crippen molar-refractivity contribution in [3.63, 3.8) is 0 Å². The maximum atomic E-state index is 13.1. The largest absolute Gasteiger partial charge is 0.472 e. The van der Waals surface area contributed by atoms with E-state index in [4.69, 9.17) is 37.0 Å². The van der Waals surface area contributed by atoms with E-state index in [1.54, 1.807) is 0 Å². The van der Waals surface area contributed by atoms with Crippen LogP contribution in [0.25, 0.3) is 0 Å². The monoisotopic (exact) mass is 1440 g/mol. The van der Waals surface area contributed by atoms with Crippen molar-refractivity contribution in [1.82, 2.24) is 0 Å². The van der Waals surface area contributed by atoms with Crippen LogP contribution in [0.5, 0.6) is 0 Å². The Labute approximate surface area is 600 Å². The van der Waals surface area contributed by atoms with E-state index in [1.807, 2.05) is 0 Å². The van der Waals surface area contributed by atoms with Gasteiger partial charge in [-0.2, -0.15) is 0 Å². The Morgan fingerprint density at radius 3 is 0.724 bits per heavy atom. The van der Waals surface area contributed by atoms with Gasteiger partial charge in [0.25, 0.3) is 0 Å². The maximum Gasteiger partial charge on any atom is 0.472 e. The maximum absolute atomic E-state index is 13.1. The predicted molar refractivity (Wildman–Crippen MR) is 400 cm³/mol. The molecule has 0 aliphatic rings. The molecule has 4 unspecified atom stereocenters. The Balaban J connectivity index is 5.13. The molecule has 98 heavy (non-hydrogen) atoms. The summed E-state index contributed by atoms with van der Waals surface area (Å²) in [4.78, 5) is 72.8. The van der Waals surface area contributed by atoms with E-state index < -0.39 is 97.5 Å². The van der Waals surface area contributed by atoms with Gasteiger partial charge in [-0.25, -0.2) is 9.13 Å². The van der Waals surface area contributed by atoms with Crippen molar-refractivity contribution in [2.24, 2.45) is 23.7 Å². The third-order valence-electron chi connectivity index (χ3n) is 18.7. The van der Waals surface area contributed by atoms with E-state index in [-0.39, 0.29) is 25.7 Å². The van der Waals surface area contributed by atoms with Crippen molar-refractivity contribution >= 4 is 39.5 Å². The molecular formula is C79H154O17P2. The molecule has 0 heterocycles. The molecule has 0 aliphatic carbocycles. The molecule has 19 heteroatoms. The Kier molecular flexibility index (Phi) is 66.8. The van der Waals surface area contributed by atoms with Gasteiger partial charge in [0.1, 0.15) is 19.3 Å². The Hall–Kier alpha value is -1.94. The normalized spacial score (nSPS) is 14.3. The highest BCUT2D eigenvalue weighted by Crippen LogP contribution is 2.45. The summed E-state index contributed by atoms with van der Waals surface area (Å²) in [5.74, 6) is 0.940. The molecule has 3 N–H and O–H groups in total. The first-order chi connectivity index (χ1) is 47.1. The third-order valence-corrected chi connectivity index (χ3v) is 20.6. The smallest absolute Gasteiger partial charge is 0.462 e. The first-order valence-electron chi connectivity index (χ1n) is 40.7. The molecule has 0 aromatic rings. The van der Waals surface area contributed by atoms with Gasteiger partial charge in [-0.05, 0) is 49.4 Å². The highest BCUT2D eigenvalue weighted by Gasteiger charge is 2.30. The Bertz CT molecular complexity index is 1920. The summed E-state index contributed by atoms with van der Waals surface area (Å²) in [7, 11) is -9.91. The Morgan fingerprint density at radius 2 is 0.490 bits per heavy atom. The number of aliphatic hydroxyl groups excluding tert-OH is 1. The molecule has 0 spiro atoms. The molecule has 0 bridgehead atoms. The number of hydrogen-bond donors (Lipinski definition) is 3. The van der Waals surface area contributed by atoms with Crippen LogP contribution in [-0.4, -0.2) is 96.7 Å². The summed E-state index contributed by atoms with van der Waals surface area (Å²) in [6.07, 6.45) is 54.4. The number of carbonyl (C=O) groups is 4. The van der Waals surface area contributed by atoms with Gasteiger partial charge in [-0.3, -0.25) is 37.3 Å². The lowest BCUT2D eigenvalue weighted by atomic mass is 9.99. The minimum atomic E-state index is -4.96. The first-order valence-corrected chi connectivity index (χ1v) is 43.7. The lowest BCUT2D eigenvalue weighted by Crippen LogP contribution is -2.30. The average Bonchev–Trinajstić information content (AvgIpc) is 0.970. The van der Waals surface area contributed by atoms with E-state index in [9.17, 15) is 43.2 Å². The van der Waals surface area contributed by atoms with Gasteiger partial charge in [0.15, 0.2) is 12.2 Å².